The first kappa shape index (κ1) is 18.1. The summed E-state index contributed by atoms with van der Waals surface area (Å²) < 4.78 is 0. The SMILES string of the molecule is Cc1ccc(CCC(=O)Nc2nc(CN3CCC(C)CC3)cs2)cc1. The summed E-state index contributed by atoms with van der Waals surface area (Å²) in [6.07, 6.45) is 3.79. The number of thiazole rings is 1. The number of anilines is 1. The first-order chi connectivity index (χ1) is 12.1. The molecule has 0 saturated carbocycles. The number of aryl methyl sites for hydroxylation is 2. The second-order valence-electron chi connectivity index (χ2n) is 7.14. The van der Waals surface area contributed by atoms with Gasteiger partial charge in [-0.1, -0.05) is 36.8 Å². The van der Waals surface area contributed by atoms with Crippen LogP contribution in [0.1, 0.15) is 43.0 Å². The molecule has 1 aliphatic rings. The molecule has 0 aliphatic carbocycles. The van der Waals surface area contributed by atoms with Crippen molar-refractivity contribution in [3.63, 3.8) is 0 Å². The Morgan fingerprint density at radius 2 is 2.00 bits per heavy atom. The number of likely N-dealkylation sites (tertiary alicyclic amines) is 1. The number of amides is 1. The number of hydrogen-bond donors (Lipinski definition) is 1. The number of aromatic nitrogens is 1. The average molecular weight is 358 g/mol. The highest BCUT2D eigenvalue weighted by molar-refractivity contribution is 7.13. The van der Waals surface area contributed by atoms with Gasteiger partial charge in [0.05, 0.1) is 5.69 Å². The summed E-state index contributed by atoms with van der Waals surface area (Å²) in [6.45, 7) is 7.59. The highest BCUT2D eigenvalue weighted by atomic mass is 32.1. The van der Waals surface area contributed by atoms with Gasteiger partial charge in [0.1, 0.15) is 0 Å². The maximum atomic E-state index is 12.1. The number of carbonyl (C=O) groups is 1. The van der Waals surface area contributed by atoms with Crippen molar-refractivity contribution in [1.29, 1.82) is 0 Å². The molecule has 1 aromatic heterocycles. The van der Waals surface area contributed by atoms with E-state index in [0.717, 1.165) is 37.7 Å². The van der Waals surface area contributed by atoms with Crippen LogP contribution in [0, 0.1) is 12.8 Å². The Morgan fingerprint density at radius 3 is 2.72 bits per heavy atom. The summed E-state index contributed by atoms with van der Waals surface area (Å²) in [5.74, 6) is 0.878. The molecule has 0 bridgehead atoms. The van der Waals surface area contributed by atoms with Gasteiger partial charge in [0, 0.05) is 18.3 Å². The molecule has 25 heavy (non-hydrogen) atoms. The van der Waals surface area contributed by atoms with Crippen molar-refractivity contribution in [1.82, 2.24) is 9.88 Å². The second-order valence-corrected chi connectivity index (χ2v) is 7.99. The van der Waals surface area contributed by atoms with Gasteiger partial charge in [0.25, 0.3) is 0 Å². The van der Waals surface area contributed by atoms with Gasteiger partial charge in [-0.15, -0.1) is 11.3 Å². The summed E-state index contributed by atoms with van der Waals surface area (Å²) in [5.41, 5.74) is 3.50. The van der Waals surface area contributed by atoms with E-state index in [0.29, 0.717) is 11.6 Å². The second kappa shape index (κ2) is 8.59. The molecule has 1 amide bonds. The molecule has 0 spiro atoms. The molecule has 1 aliphatic heterocycles. The van der Waals surface area contributed by atoms with Crippen molar-refractivity contribution in [2.75, 3.05) is 18.4 Å². The quantitative estimate of drug-likeness (QED) is 0.840. The molecular weight excluding hydrogens is 330 g/mol. The lowest BCUT2D eigenvalue weighted by Gasteiger charge is -2.29. The van der Waals surface area contributed by atoms with Crippen LogP contribution in [0.15, 0.2) is 29.6 Å². The van der Waals surface area contributed by atoms with Crippen molar-refractivity contribution in [3.05, 3.63) is 46.5 Å². The van der Waals surface area contributed by atoms with Crippen LogP contribution in [0.3, 0.4) is 0 Å². The Morgan fingerprint density at radius 1 is 1.28 bits per heavy atom. The van der Waals surface area contributed by atoms with Crippen LogP contribution in [0.25, 0.3) is 0 Å². The van der Waals surface area contributed by atoms with Gasteiger partial charge in [-0.2, -0.15) is 0 Å². The monoisotopic (exact) mass is 357 g/mol. The molecule has 0 radical (unpaired) electrons. The summed E-state index contributed by atoms with van der Waals surface area (Å²) >= 11 is 1.52. The van der Waals surface area contributed by atoms with Crippen molar-refractivity contribution in [2.24, 2.45) is 5.92 Å². The number of benzene rings is 1. The predicted molar refractivity (Wildman–Crippen MR) is 104 cm³/mol. The largest absolute Gasteiger partial charge is 0.302 e. The molecule has 1 fully saturated rings. The summed E-state index contributed by atoms with van der Waals surface area (Å²) in [5, 5.41) is 5.72. The smallest absolute Gasteiger partial charge is 0.226 e. The minimum atomic E-state index is 0.0354. The fraction of sp³-hybridized carbons (Fsp3) is 0.500. The van der Waals surface area contributed by atoms with Crippen LogP contribution in [-0.2, 0) is 17.8 Å². The normalized spacial score (nSPS) is 16.1. The Hall–Kier alpha value is -1.72. The molecule has 3 rings (SSSR count). The van der Waals surface area contributed by atoms with Crippen LogP contribution in [0.4, 0.5) is 5.13 Å². The van der Waals surface area contributed by atoms with Gasteiger partial charge < -0.3 is 5.32 Å². The zero-order valence-electron chi connectivity index (χ0n) is 15.1. The van der Waals surface area contributed by atoms with Crippen molar-refractivity contribution >= 4 is 22.4 Å². The van der Waals surface area contributed by atoms with Gasteiger partial charge in [-0.3, -0.25) is 9.69 Å². The van der Waals surface area contributed by atoms with Gasteiger partial charge >= 0.3 is 0 Å². The fourth-order valence-electron chi connectivity index (χ4n) is 3.08. The van der Waals surface area contributed by atoms with E-state index >= 15 is 0 Å². The van der Waals surface area contributed by atoms with Crippen molar-refractivity contribution in [2.45, 2.75) is 46.1 Å². The van der Waals surface area contributed by atoms with E-state index in [9.17, 15) is 4.79 Å². The van der Waals surface area contributed by atoms with Crippen molar-refractivity contribution < 1.29 is 4.79 Å². The lowest BCUT2D eigenvalue weighted by Crippen LogP contribution is -2.32. The van der Waals surface area contributed by atoms with Gasteiger partial charge in [0.2, 0.25) is 5.91 Å². The summed E-state index contributed by atoms with van der Waals surface area (Å²) in [6, 6.07) is 8.34. The molecular formula is C20H27N3OS. The standard InChI is InChI=1S/C20H27N3OS/c1-15-3-5-17(6-4-15)7-8-19(24)22-20-21-18(14-25-20)13-23-11-9-16(2)10-12-23/h3-6,14,16H,7-13H2,1-2H3,(H,21,22,24). The molecule has 1 aromatic carbocycles. The van der Waals surface area contributed by atoms with E-state index in [1.165, 1.54) is 35.3 Å². The van der Waals surface area contributed by atoms with Crippen LogP contribution in [-0.4, -0.2) is 28.9 Å². The first-order valence-corrected chi connectivity index (χ1v) is 9.98. The Balaban J connectivity index is 1.44. The third kappa shape index (κ3) is 5.65. The maximum absolute atomic E-state index is 12.1. The molecule has 4 nitrogen and oxygen atoms in total. The molecule has 2 aromatic rings. The van der Waals surface area contributed by atoms with Crippen LogP contribution < -0.4 is 5.32 Å². The van der Waals surface area contributed by atoms with Crippen LogP contribution >= 0.6 is 11.3 Å². The summed E-state index contributed by atoms with van der Waals surface area (Å²) in [7, 11) is 0. The molecule has 2 heterocycles. The Labute approximate surface area is 154 Å². The van der Waals surface area contributed by atoms with Crippen LogP contribution in [0.5, 0.6) is 0 Å². The highest BCUT2D eigenvalue weighted by Crippen LogP contribution is 2.21. The van der Waals surface area contributed by atoms with Crippen molar-refractivity contribution in [3.8, 4) is 0 Å². The molecule has 0 atom stereocenters. The third-order valence-electron chi connectivity index (χ3n) is 4.82. The minimum Gasteiger partial charge on any atom is -0.302 e. The Bertz CT molecular complexity index is 687. The average Bonchev–Trinajstić information content (AvgIpc) is 3.03. The lowest BCUT2D eigenvalue weighted by molar-refractivity contribution is -0.116. The van der Waals surface area contributed by atoms with E-state index in [-0.39, 0.29) is 5.91 Å². The molecule has 5 heteroatoms. The van der Waals surface area contributed by atoms with E-state index in [1.54, 1.807) is 0 Å². The van der Waals surface area contributed by atoms with Gasteiger partial charge in [-0.25, -0.2) is 4.98 Å². The maximum Gasteiger partial charge on any atom is 0.226 e. The van der Waals surface area contributed by atoms with Gasteiger partial charge in [0.15, 0.2) is 5.13 Å². The molecule has 134 valence electrons. The molecule has 1 saturated heterocycles. The molecule has 1 N–H and O–H groups in total. The van der Waals surface area contributed by atoms with E-state index in [2.05, 4.69) is 58.7 Å². The Kier molecular flexibility index (Phi) is 6.21. The number of carbonyl (C=O) groups excluding carboxylic acids is 1. The van der Waals surface area contributed by atoms with Gasteiger partial charge in [-0.05, 0) is 50.8 Å². The minimum absolute atomic E-state index is 0.0354. The number of rotatable bonds is 6. The topological polar surface area (TPSA) is 45.2 Å². The first-order valence-electron chi connectivity index (χ1n) is 9.10. The number of nitrogens with zero attached hydrogens (tertiary/aromatic N) is 2. The highest BCUT2D eigenvalue weighted by Gasteiger charge is 2.17. The lowest BCUT2D eigenvalue weighted by atomic mass is 9.99. The van der Waals surface area contributed by atoms with Crippen LogP contribution in [0.2, 0.25) is 0 Å². The van der Waals surface area contributed by atoms with E-state index in [1.807, 2.05) is 0 Å². The zero-order chi connectivity index (χ0) is 17.6. The van der Waals surface area contributed by atoms with E-state index < -0.39 is 0 Å². The van der Waals surface area contributed by atoms with E-state index in [4.69, 9.17) is 0 Å². The number of nitrogens with one attached hydrogen (secondary N) is 1. The number of piperidine rings is 1. The zero-order valence-corrected chi connectivity index (χ0v) is 15.9. The number of hydrogen-bond acceptors (Lipinski definition) is 4. The predicted octanol–water partition coefficient (Wildman–Crippen LogP) is 4.25. The molecule has 0 unspecified atom stereocenters. The third-order valence-corrected chi connectivity index (χ3v) is 5.63. The fourth-order valence-corrected chi connectivity index (χ4v) is 3.80. The summed E-state index contributed by atoms with van der Waals surface area (Å²) in [4.78, 5) is 19.2.